The van der Waals surface area contributed by atoms with Crippen LogP contribution in [-0.4, -0.2) is 28.5 Å². The van der Waals surface area contributed by atoms with E-state index < -0.39 is 18.1 Å². The minimum absolute atomic E-state index is 0.0228. The number of alkyl halides is 3. The number of ether oxygens (including phenoxy) is 2. The monoisotopic (exact) mass is 406 g/mol. The zero-order chi connectivity index (χ0) is 17.9. The molecule has 0 saturated carbocycles. The molecule has 0 aliphatic rings. The third-order valence-corrected chi connectivity index (χ3v) is 3.48. The quantitative estimate of drug-likeness (QED) is 0.695. The van der Waals surface area contributed by atoms with Gasteiger partial charge in [0.15, 0.2) is 11.4 Å². The smallest absolute Gasteiger partial charge is 0.461 e. The Morgan fingerprint density at radius 3 is 2.62 bits per heavy atom. The van der Waals surface area contributed by atoms with Crippen LogP contribution in [0.3, 0.4) is 0 Å². The van der Waals surface area contributed by atoms with Crippen molar-refractivity contribution in [2.75, 3.05) is 6.61 Å². The van der Waals surface area contributed by atoms with Crippen molar-refractivity contribution >= 4 is 21.9 Å². The van der Waals surface area contributed by atoms with Gasteiger partial charge in [0, 0.05) is 17.1 Å². The van der Waals surface area contributed by atoms with E-state index in [9.17, 15) is 18.0 Å². The second-order valence-corrected chi connectivity index (χ2v) is 5.56. The molecule has 1 aromatic carbocycles. The fourth-order valence-electron chi connectivity index (χ4n) is 2.07. The minimum atomic E-state index is -4.84. The lowest BCUT2D eigenvalue weighted by atomic mass is 10.2. The Kier molecular flexibility index (Phi) is 5.53. The Bertz CT molecular complexity index is 744. The van der Waals surface area contributed by atoms with Crippen molar-refractivity contribution in [3.63, 3.8) is 0 Å². The van der Waals surface area contributed by atoms with Crippen LogP contribution in [0.2, 0.25) is 0 Å². The van der Waals surface area contributed by atoms with Gasteiger partial charge in [-0.3, -0.25) is 4.57 Å². The molecule has 24 heavy (non-hydrogen) atoms. The van der Waals surface area contributed by atoms with Crippen molar-refractivity contribution in [3.05, 3.63) is 40.4 Å². The fourth-order valence-corrected chi connectivity index (χ4v) is 2.41. The summed E-state index contributed by atoms with van der Waals surface area (Å²) in [5, 5.41) is 0. The van der Waals surface area contributed by atoms with Crippen molar-refractivity contribution in [2.24, 2.45) is 0 Å². The number of aryl methyl sites for hydroxylation is 1. The maximum atomic E-state index is 12.6. The highest BCUT2D eigenvalue weighted by atomic mass is 79.9. The van der Waals surface area contributed by atoms with E-state index in [-0.39, 0.29) is 18.0 Å². The van der Waals surface area contributed by atoms with Crippen LogP contribution in [0.5, 0.6) is 5.75 Å². The Balaban J connectivity index is 2.53. The molecule has 0 atom stereocenters. The molecule has 0 radical (unpaired) electrons. The van der Waals surface area contributed by atoms with Gasteiger partial charge in [-0.05, 0) is 25.1 Å². The lowest BCUT2D eigenvalue weighted by Crippen LogP contribution is -2.18. The number of aromatic nitrogens is 2. The lowest BCUT2D eigenvalue weighted by molar-refractivity contribution is -0.274. The Morgan fingerprint density at radius 2 is 2.04 bits per heavy atom. The van der Waals surface area contributed by atoms with Gasteiger partial charge in [-0.1, -0.05) is 22.9 Å². The summed E-state index contributed by atoms with van der Waals surface area (Å²) in [6.07, 6.45) is -3.10. The first-order chi connectivity index (χ1) is 11.2. The van der Waals surface area contributed by atoms with E-state index in [0.29, 0.717) is 16.7 Å². The number of imidazole rings is 1. The summed E-state index contributed by atoms with van der Waals surface area (Å²) < 4.78 is 48.7. The van der Waals surface area contributed by atoms with Crippen LogP contribution in [0.1, 0.15) is 30.2 Å². The van der Waals surface area contributed by atoms with Crippen molar-refractivity contribution in [1.82, 2.24) is 9.55 Å². The predicted molar refractivity (Wildman–Crippen MR) is 83.3 cm³/mol. The van der Waals surface area contributed by atoms with Crippen molar-refractivity contribution in [3.8, 4) is 11.4 Å². The summed E-state index contributed by atoms with van der Waals surface area (Å²) in [4.78, 5) is 15.9. The van der Waals surface area contributed by atoms with Gasteiger partial charge in [0.1, 0.15) is 5.82 Å². The number of hydrogen-bond donors (Lipinski definition) is 0. The first-order valence-electron chi connectivity index (χ1n) is 7.06. The molecule has 2 aromatic rings. The summed E-state index contributed by atoms with van der Waals surface area (Å²) in [6.45, 7) is 3.60. The zero-order valence-electron chi connectivity index (χ0n) is 12.9. The van der Waals surface area contributed by atoms with Gasteiger partial charge >= 0.3 is 12.3 Å². The second kappa shape index (κ2) is 7.25. The Morgan fingerprint density at radius 1 is 1.33 bits per heavy atom. The molecule has 1 heterocycles. The van der Waals surface area contributed by atoms with E-state index in [4.69, 9.17) is 4.74 Å². The van der Waals surface area contributed by atoms with Crippen LogP contribution in [-0.2, 0) is 11.2 Å². The largest absolute Gasteiger partial charge is 0.573 e. The third-order valence-electron chi connectivity index (χ3n) is 2.99. The number of nitrogens with zero attached hydrogens (tertiary/aromatic N) is 2. The van der Waals surface area contributed by atoms with Crippen molar-refractivity contribution in [1.29, 1.82) is 0 Å². The van der Waals surface area contributed by atoms with Gasteiger partial charge in [-0.2, -0.15) is 0 Å². The van der Waals surface area contributed by atoms with E-state index in [1.165, 1.54) is 22.9 Å². The number of hydrogen-bond acceptors (Lipinski definition) is 4. The maximum Gasteiger partial charge on any atom is 0.573 e. The van der Waals surface area contributed by atoms with Gasteiger partial charge < -0.3 is 9.47 Å². The van der Waals surface area contributed by atoms with Crippen LogP contribution in [0.15, 0.2) is 28.9 Å². The van der Waals surface area contributed by atoms with Crippen LogP contribution < -0.4 is 4.74 Å². The lowest BCUT2D eigenvalue weighted by Gasteiger charge is -2.15. The van der Waals surface area contributed by atoms with Crippen LogP contribution in [0, 0.1) is 0 Å². The highest BCUT2D eigenvalue weighted by Crippen LogP contribution is 2.32. The zero-order valence-corrected chi connectivity index (χ0v) is 14.4. The van der Waals surface area contributed by atoms with E-state index in [1.807, 2.05) is 0 Å². The summed E-state index contributed by atoms with van der Waals surface area (Å²) >= 11 is 3.11. The molecule has 0 amide bonds. The molecule has 0 bridgehead atoms. The molecule has 2 rings (SSSR count). The highest BCUT2D eigenvalue weighted by Gasteiger charge is 2.33. The molecule has 1 aromatic heterocycles. The first-order valence-corrected chi connectivity index (χ1v) is 7.85. The molecule has 9 heteroatoms. The van der Waals surface area contributed by atoms with Gasteiger partial charge in [0.25, 0.3) is 0 Å². The standard InChI is InChI=1S/C15H14BrF3N2O3/c1-3-13-20-10(14(22)23-4-2)8-21(13)11-6-5-9(16)7-12(11)24-15(17,18)19/h5-8H,3-4H2,1-2H3. The van der Waals surface area contributed by atoms with Crippen molar-refractivity contribution in [2.45, 2.75) is 26.6 Å². The summed E-state index contributed by atoms with van der Waals surface area (Å²) in [5.74, 6) is -0.631. The summed E-state index contributed by atoms with van der Waals surface area (Å²) in [5.41, 5.74) is 0.144. The van der Waals surface area contributed by atoms with E-state index in [2.05, 4.69) is 25.7 Å². The fraction of sp³-hybridized carbons (Fsp3) is 0.333. The molecule has 0 saturated heterocycles. The normalized spacial score (nSPS) is 11.4. The number of carbonyl (C=O) groups is 1. The van der Waals surface area contributed by atoms with Gasteiger partial charge in [0.2, 0.25) is 0 Å². The van der Waals surface area contributed by atoms with Crippen LogP contribution in [0.4, 0.5) is 13.2 Å². The molecule has 0 spiro atoms. The van der Waals surface area contributed by atoms with E-state index in [1.54, 1.807) is 19.9 Å². The van der Waals surface area contributed by atoms with E-state index >= 15 is 0 Å². The van der Waals surface area contributed by atoms with Gasteiger partial charge in [0.05, 0.1) is 12.3 Å². The molecule has 0 aliphatic heterocycles. The molecule has 0 aliphatic carbocycles. The SMILES string of the molecule is CCOC(=O)c1cn(-c2ccc(Br)cc2OC(F)(F)F)c(CC)n1. The van der Waals surface area contributed by atoms with Gasteiger partial charge in [-0.25, -0.2) is 9.78 Å². The number of carbonyl (C=O) groups excluding carboxylic acids is 1. The first kappa shape index (κ1) is 18.3. The Hall–Kier alpha value is -2.03. The molecular weight excluding hydrogens is 393 g/mol. The highest BCUT2D eigenvalue weighted by molar-refractivity contribution is 9.10. The third kappa shape index (κ3) is 4.28. The van der Waals surface area contributed by atoms with E-state index in [0.717, 1.165) is 0 Å². The van der Waals surface area contributed by atoms with Gasteiger partial charge in [-0.15, -0.1) is 13.2 Å². The molecule has 0 N–H and O–H groups in total. The van der Waals surface area contributed by atoms with Crippen LogP contribution >= 0.6 is 15.9 Å². The molecule has 5 nitrogen and oxygen atoms in total. The molecule has 0 unspecified atom stereocenters. The number of esters is 1. The average molecular weight is 407 g/mol. The Labute approximate surface area is 144 Å². The van der Waals surface area contributed by atoms with Crippen molar-refractivity contribution < 1.29 is 27.4 Å². The molecule has 130 valence electrons. The average Bonchev–Trinajstić information content (AvgIpc) is 2.90. The predicted octanol–water partition coefficient (Wildman–Crippen LogP) is 4.27. The summed E-state index contributed by atoms with van der Waals surface area (Å²) in [6, 6.07) is 4.22. The molecular formula is C15H14BrF3N2O3. The topological polar surface area (TPSA) is 53.4 Å². The minimum Gasteiger partial charge on any atom is -0.461 e. The number of benzene rings is 1. The number of halogens is 4. The number of rotatable bonds is 5. The molecule has 0 fully saturated rings. The maximum absolute atomic E-state index is 12.6. The second-order valence-electron chi connectivity index (χ2n) is 4.65. The van der Waals surface area contributed by atoms with Crippen LogP contribution in [0.25, 0.3) is 5.69 Å². The summed E-state index contributed by atoms with van der Waals surface area (Å²) in [7, 11) is 0.